The van der Waals surface area contributed by atoms with Crippen LogP contribution in [-0.4, -0.2) is 16.4 Å². The fourth-order valence-corrected chi connectivity index (χ4v) is 1.95. The summed E-state index contributed by atoms with van der Waals surface area (Å²) in [5.41, 5.74) is 8.02. The molecule has 1 heterocycles. The lowest BCUT2D eigenvalue weighted by Gasteiger charge is -2.12. The van der Waals surface area contributed by atoms with Crippen LogP contribution in [0.1, 0.15) is 24.1 Å². The third kappa shape index (κ3) is 3.77. The van der Waals surface area contributed by atoms with Crippen molar-refractivity contribution in [1.82, 2.24) is 9.78 Å². The van der Waals surface area contributed by atoms with Gasteiger partial charge in [-0.05, 0) is 36.6 Å². The maximum Gasteiger partial charge on any atom is 0.387 e. The first-order valence-electron chi connectivity index (χ1n) is 6.40. The molecule has 2 rings (SSSR count). The van der Waals surface area contributed by atoms with Crippen molar-refractivity contribution in [3.63, 3.8) is 0 Å². The van der Waals surface area contributed by atoms with Gasteiger partial charge in [0.2, 0.25) is 0 Å². The number of aromatic nitrogens is 2. The smallest absolute Gasteiger partial charge is 0.387 e. The van der Waals surface area contributed by atoms with E-state index in [0.717, 1.165) is 17.7 Å². The molecule has 2 aromatic rings. The molecule has 108 valence electrons. The van der Waals surface area contributed by atoms with Crippen molar-refractivity contribution in [2.45, 2.75) is 32.5 Å². The van der Waals surface area contributed by atoms with Crippen molar-refractivity contribution in [3.8, 4) is 5.75 Å². The SMILES string of the molecule is CCn1cc(CC(N)c2ccc(OC(F)F)cc2)cn1. The van der Waals surface area contributed by atoms with E-state index in [9.17, 15) is 8.78 Å². The largest absolute Gasteiger partial charge is 0.435 e. The Morgan fingerprint density at radius 1 is 1.30 bits per heavy atom. The first-order valence-corrected chi connectivity index (χ1v) is 6.40. The summed E-state index contributed by atoms with van der Waals surface area (Å²) in [6, 6.07) is 6.19. The molecule has 6 heteroatoms. The third-order valence-corrected chi connectivity index (χ3v) is 3.00. The maximum atomic E-state index is 12.0. The summed E-state index contributed by atoms with van der Waals surface area (Å²) in [6.45, 7) is 0.0160. The second kappa shape index (κ2) is 6.47. The lowest BCUT2D eigenvalue weighted by molar-refractivity contribution is -0.0498. The molecule has 0 saturated carbocycles. The monoisotopic (exact) mass is 281 g/mol. The minimum Gasteiger partial charge on any atom is -0.435 e. The Kier molecular flexibility index (Phi) is 4.68. The predicted molar refractivity (Wildman–Crippen MR) is 71.6 cm³/mol. The van der Waals surface area contributed by atoms with Gasteiger partial charge >= 0.3 is 6.61 Å². The molecule has 0 aliphatic rings. The zero-order valence-corrected chi connectivity index (χ0v) is 11.2. The molecule has 0 aliphatic carbocycles. The molecule has 0 bridgehead atoms. The maximum absolute atomic E-state index is 12.0. The van der Waals surface area contributed by atoms with E-state index in [1.54, 1.807) is 18.3 Å². The number of hydrogen-bond acceptors (Lipinski definition) is 3. The van der Waals surface area contributed by atoms with Gasteiger partial charge in [-0.2, -0.15) is 13.9 Å². The average Bonchev–Trinajstić information content (AvgIpc) is 2.86. The normalized spacial score (nSPS) is 12.7. The molecule has 0 saturated heterocycles. The molecule has 4 nitrogen and oxygen atoms in total. The summed E-state index contributed by atoms with van der Waals surface area (Å²) >= 11 is 0. The van der Waals surface area contributed by atoms with E-state index in [1.807, 2.05) is 17.8 Å². The summed E-state index contributed by atoms with van der Waals surface area (Å²) in [7, 11) is 0. The lowest BCUT2D eigenvalue weighted by atomic mass is 10.0. The fraction of sp³-hybridized carbons (Fsp3) is 0.357. The molecule has 20 heavy (non-hydrogen) atoms. The van der Waals surface area contributed by atoms with Crippen molar-refractivity contribution in [2.24, 2.45) is 5.73 Å². The second-order valence-corrected chi connectivity index (χ2v) is 4.46. The van der Waals surface area contributed by atoms with Gasteiger partial charge in [-0.1, -0.05) is 12.1 Å². The van der Waals surface area contributed by atoms with Crippen LogP contribution >= 0.6 is 0 Å². The van der Waals surface area contributed by atoms with Gasteiger partial charge in [-0.15, -0.1) is 0 Å². The fourth-order valence-electron chi connectivity index (χ4n) is 1.95. The van der Waals surface area contributed by atoms with E-state index in [0.29, 0.717) is 6.42 Å². The number of ether oxygens (including phenoxy) is 1. The van der Waals surface area contributed by atoms with E-state index in [1.165, 1.54) is 12.1 Å². The highest BCUT2D eigenvalue weighted by molar-refractivity contribution is 5.30. The minimum absolute atomic E-state index is 0.134. The van der Waals surface area contributed by atoms with Gasteiger partial charge in [-0.3, -0.25) is 4.68 Å². The van der Waals surface area contributed by atoms with Crippen molar-refractivity contribution in [3.05, 3.63) is 47.8 Å². The van der Waals surface area contributed by atoms with E-state index in [-0.39, 0.29) is 11.8 Å². The van der Waals surface area contributed by atoms with Crippen molar-refractivity contribution < 1.29 is 13.5 Å². The molecule has 1 aromatic carbocycles. The number of nitrogens with zero attached hydrogens (tertiary/aromatic N) is 2. The lowest BCUT2D eigenvalue weighted by Crippen LogP contribution is -2.13. The Bertz CT molecular complexity index is 540. The Morgan fingerprint density at radius 2 is 2.00 bits per heavy atom. The van der Waals surface area contributed by atoms with Crippen LogP contribution in [0.25, 0.3) is 0 Å². The molecule has 0 spiro atoms. The van der Waals surface area contributed by atoms with Gasteiger partial charge in [-0.25, -0.2) is 0 Å². The van der Waals surface area contributed by atoms with Crippen LogP contribution in [0.15, 0.2) is 36.7 Å². The Balaban J connectivity index is 1.99. The quantitative estimate of drug-likeness (QED) is 0.885. The molecule has 1 aromatic heterocycles. The number of benzene rings is 1. The Hall–Kier alpha value is -1.95. The summed E-state index contributed by atoms with van der Waals surface area (Å²) in [4.78, 5) is 0. The Labute approximate surface area is 116 Å². The second-order valence-electron chi connectivity index (χ2n) is 4.46. The van der Waals surface area contributed by atoms with Crippen LogP contribution < -0.4 is 10.5 Å². The molecular weight excluding hydrogens is 264 g/mol. The molecule has 0 fully saturated rings. The number of nitrogens with two attached hydrogens (primary N) is 1. The van der Waals surface area contributed by atoms with Crippen molar-refractivity contribution >= 4 is 0 Å². The van der Waals surface area contributed by atoms with Gasteiger partial charge in [0, 0.05) is 18.8 Å². The number of rotatable bonds is 6. The summed E-state index contributed by atoms with van der Waals surface area (Å²) in [5.74, 6) is 0.134. The highest BCUT2D eigenvalue weighted by Crippen LogP contribution is 2.20. The minimum atomic E-state index is -2.81. The van der Waals surface area contributed by atoms with Gasteiger partial charge < -0.3 is 10.5 Å². The topological polar surface area (TPSA) is 53.1 Å². The van der Waals surface area contributed by atoms with Crippen LogP contribution in [0.5, 0.6) is 5.75 Å². The first kappa shape index (κ1) is 14.5. The van der Waals surface area contributed by atoms with Crippen molar-refractivity contribution in [1.29, 1.82) is 0 Å². The molecule has 0 aliphatic heterocycles. The van der Waals surface area contributed by atoms with E-state index in [4.69, 9.17) is 5.73 Å². The number of hydrogen-bond donors (Lipinski definition) is 1. The number of alkyl halides is 2. The summed E-state index contributed by atoms with van der Waals surface area (Å²) in [5, 5.41) is 4.19. The van der Waals surface area contributed by atoms with Crippen LogP contribution in [0.3, 0.4) is 0 Å². The predicted octanol–water partition coefficient (Wildman–Crippen LogP) is 2.75. The number of aryl methyl sites for hydroxylation is 1. The molecule has 1 unspecified atom stereocenters. The van der Waals surface area contributed by atoms with Crippen molar-refractivity contribution in [2.75, 3.05) is 0 Å². The molecular formula is C14H17F2N3O. The summed E-state index contributed by atoms with van der Waals surface area (Å²) in [6.07, 6.45) is 4.39. The van der Waals surface area contributed by atoms with E-state index < -0.39 is 6.61 Å². The zero-order valence-electron chi connectivity index (χ0n) is 11.2. The van der Waals surface area contributed by atoms with Crippen LogP contribution in [0.2, 0.25) is 0 Å². The van der Waals surface area contributed by atoms with E-state index >= 15 is 0 Å². The molecule has 0 amide bonds. The number of halogens is 2. The third-order valence-electron chi connectivity index (χ3n) is 3.00. The summed E-state index contributed by atoms with van der Waals surface area (Å²) < 4.78 is 30.2. The standard InChI is InChI=1S/C14H17F2N3O/c1-2-19-9-10(8-18-19)7-13(17)11-3-5-12(6-4-11)20-14(15)16/h3-6,8-9,13-14H,2,7,17H2,1H3. The van der Waals surface area contributed by atoms with Gasteiger partial charge in [0.15, 0.2) is 0 Å². The molecule has 2 N–H and O–H groups in total. The van der Waals surface area contributed by atoms with Gasteiger partial charge in [0.05, 0.1) is 6.20 Å². The van der Waals surface area contributed by atoms with Crippen LogP contribution in [-0.2, 0) is 13.0 Å². The highest BCUT2D eigenvalue weighted by Gasteiger charge is 2.10. The highest BCUT2D eigenvalue weighted by atomic mass is 19.3. The van der Waals surface area contributed by atoms with Gasteiger partial charge in [0.25, 0.3) is 0 Å². The van der Waals surface area contributed by atoms with Gasteiger partial charge in [0.1, 0.15) is 5.75 Å². The van der Waals surface area contributed by atoms with Crippen LogP contribution in [0.4, 0.5) is 8.78 Å². The zero-order chi connectivity index (χ0) is 14.5. The molecule has 0 radical (unpaired) electrons. The molecule has 1 atom stereocenters. The van der Waals surface area contributed by atoms with E-state index in [2.05, 4.69) is 9.84 Å². The first-order chi connectivity index (χ1) is 9.58. The Morgan fingerprint density at radius 3 is 2.55 bits per heavy atom. The average molecular weight is 281 g/mol. The van der Waals surface area contributed by atoms with Crippen LogP contribution in [0, 0.1) is 0 Å².